The number of hydrogen-bond acceptors (Lipinski definition) is 2. The monoisotopic (exact) mass is 311 g/mol. The SMILES string of the molecule is CC[C@@H](NC(=O)Cc1ccc(C)c(C)c1)c1ccc(OC)cc1. The molecule has 3 nitrogen and oxygen atoms in total. The number of ether oxygens (including phenoxy) is 1. The van der Waals surface area contributed by atoms with Crippen LogP contribution < -0.4 is 10.1 Å². The van der Waals surface area contributed by atoms with Crippen LogP contribution in [0.5, 0.6) is 5.75 Å². The van der Waals surface area contributed by atoms with Crippen LogP contribution in [0.1, 0.15) is 41.6 Å². The van der Waals surface area contributed by atoms with E-state index in [0.29, 0.717) is 6.42 Å². The van der Waals surface area contributed by atoms with Gasteiger partial charge in [0.15, 0.2) is 0 Å². The Balaban J connectivity index is 2.02. The van der Waals surface area contributed by atoms with E-state index in [1.165, 1.54) is 11.1 Å². The van der Waals surface area contributed by atoms with E-state index >= 15 is 0 Å². The van der Waals surface area contributed by atoms with Gasteiger partial charge in [0, 0.05) is 0 Å². The summed E-state index contributed by atoms with van der Waals surface area (Å²) < 4.78 is 5.18. The molecule has 2 aromatic carbocycles. The summed E-state index contributed by atoms with van der Waals surface area (Å²) in [7, 11) is 1.65. The van der Waals surface area contributed by atoms with Gasteiger partial charge < -0.3 is 10.1 Å². The van der Waals surface area contributed by atoms with Crippen molar-refractivity contribution in [2.45, 2.75) is 39.7 Å². The molecule has 3 heteroatoms. The quantitative estimate of drug-likeness (QED) is 0.871. The van der Waals surface area contributed by atoms with Crippen LogP contribution >= 0.6 is 0 Å². The molecule has 0 aromatic heterocycles. The van der Waals surface area contributed by atoms with Crippen molar-refractivity contribution >= 4 is 5.91 Å². The minimum Gasteiger partial charge on any atom is -0.497 e. The highest BCUT2D eigenvalue weighted by Gasteiger charge is 2.13. The summed E-state index contributed by atoms with van der Waals surface area (Å²) in [5.41, 5.74) is 4.62. The first kappa shape index (κ1) is 17.1. The fourth-order valence-electron chi connectivity index (χ4n) is 2.60. The Morgan fingerprint density at radius 1 is 1.09 bits per heavy atom. The lowest BCUT2D eigenvalue weighted by Gasteiger charge is -2.18. The van der Waals surface area contributed by atoms with Crippen LogP contribution in [0.3, 0.4) is 0 Å². The zero-order chi connectivity index (χ0) is 16.8. The molecular weight excluding hydrogens is 286 g/mol. The second-order valence-electron chi connectivity index (χ2n) is 5.90. The molecule has 2 rings (SSSR count). The van der Waals surface area contributed by atoms with Crippen molar-refractivity contribution in [2.75, 3.05) is 7.11 Å². The molecule has 0 saturated heterocycles. The van der Waals surface area contributed by atoms with E-state index < -0.39 is 0 Å². The van der Waals surface area contributed by atoms with Gasteiger partial charge in [-0.1, -0.05) is 37.3 Å². The standard InChI is InChI=1S/C20H25NO2/c1-5-19(17-8-10-18(23-4)11-9-17)21-20(22)13-16-7-6-14(2)15(3)12-16/h6-12,19H,5,13H2,1-4H3,(H,21,22)/t19-/m1/s1. The average molecular weight is 311 g/mol. The lowest BCUT2D eigenvalue weighted by molar-refractivity contribution is -0.121. The van der Waals surface area contributed by atoms with E-state index in [-0.39, 0.29) is 11.9 Å². The van der Waals surface area contributed by atoms with Gasteiger partial charge in [0.2, 0.25) is 5.91 Å². The number of carbonyl (C=O) groups is 1. The summed E-state index contributed by atoms with van der Waals surface area (Å²) >= 11 is 0. The van der Waals surface area contributed by atoms with Gasteiger partial charge in [-0.15, -0.1) is 0 Å². The van der Waals surface area contributed by atoms with Crippen LogP contribution in [0.15, 0.2) is 42.5 Å². The third-order valence-corrected chi connectivity index (χ3v) is 4.20. The van der Waals surface area contributed by atoms with Crippen molar-refractivity contribution in [3.05, 3.63) is 64.7 Å². The van der Waals surface area contributed by atoms with Crippen LogP contribution in [0, 0.1) is 13.8 Å². The molecule has 0 unspecified atom stereocenters. The molecule has 122 valence electrons. The molecular formula is C20H25NO2. The van der Waals surface area contributed by atoms with E-state index in [9.17, 15) is 4.79 Å². The molecule has 0 spiro atoms. The summed E-state index contributed by atoms with van der Waals surface area (Å²) in [4.78, 5) is 12.3. The van der Waals surface area contributed by atoms with E-state index in [1.54, 1.807) is 7.11 Å². The summed E-state index contributed by atoms with van der Waals surface area (Å²) in [6, 6.07) is 14.1. The van der Waals surface area contributed by atoms with E-state index in [0.717, 1.165) is 23.3 Å². The second kappa shape index (κ2) is 7.82. The minimum atomic E-state index is 0.0277. The highest BCUT2D eigenvalue weighted by atomic mass is 16.5. The predicted octanol–water partition coefficient (Wildman–Crippen LogP) is 4.12. The molecule has 1 amide bonds. The molecule has 0 bridgehead atoms. The fourth-order valence-corrected chi connectivity index (χ4v) is 2.60. The Morgan fingerprint density at radius 3 is 2.35 bits per heavy atom. The number of carbonyl (C=O) groups excluding carboxylic acids is 1. The molecule has 0 aliphatic heterocycles. The van der Waals surface area contributed by atoms with Gasteiger partial charge in [-0.3, -0.25) is 4.79 Å². The smallest absolute Gasteiger partial charge is 0.224 e. The molecule has 0 aliphatic carbocycles. The number of rotatable bonds is 6. The number of hydrogen-bond donors (Lipinski definition) is 1. The second-order valence-corrected chi connectivity index (χ2v) is 5.90. The van der Waals surface area contributed by atoms with Crippen molar-refractivity contribution in [3.8, 4) is 5.75 Å². The molecule has 0 heterocycles. The number of aryl methyl sites for hydroxylation is 2. The molecule has 0 radical (unpaired) electrons. The van der Waals surface area contributed by atoms with Crippen molar-refractivity contribution in [1.29, 1.82) is 0 Å². The van der Waals surface area contributed by atoms with Crippen LogP contribution in [0.4, 0.5) is 0 Å². The lowest BCUT2D eigenvalue weighted by Crippen LogP contribution is -2.29. The Kier molecular flexibility index (Phi) is 5.80. The Bertz CT molecular complexity index is 662. The van der Waals surface area contributed by atoms with E-state index in [2.05, 4.69) is 38.2 Å². The molecule has 1 N–H and O–H groups in total. The number of methoxy groups -OCH3 is 1. The zero-order valence-corrected chi connectivity index (χ0v) is 14.3. The van der Waals surface area contributed by atoms with E-state index in [1.807, 2.05) is 30.3 Å². The third-order valence-electron chi connectivity index (χ3n) is 4.20. The molecule has 2 aromatic rings. The Labute approximate surface area is 138 Å². The first-order chi connectivity index (χ1) is 11.0. The highest BCUT2D eigenvalue weighted by Crippen LogP contribution is 2.20. The first-order valence-electron chi connectivity index (χ1n) is 8.03. The Morgan fingerprint density at radius 2 is 1.78 bits per heavy atom. The number of nitrogens with one attached hydrogen (secondary N) is 1. The van der Waals surface area contributed by atoms with Crippen molar-refractivity contribution < 1.29 is 9.53 Å². The van der Waals surface area contributed by atoms with Crippen LogP contribution in [0.25, 0.3) is 0 Å². The first-order valence-corrected chi connectivity index (χ1v) is 8.03. The molecule has 23 heavy (non-hydrogen) atoms. The molecule has 0 fully saturated rings. The van der Waals surface area contributed by atoms with Crippen LogP contribution in [-0.2, 0) is 11.2 Å². The van der Waals surface area contributed by atoms with Crippen LogP contribution in [-0.4, -0.2) is 13.0 Å². The third kappa shape index (κ3) is 4.59. The topological polar surface area (TPSA) is 38.3 Å². The van der Waals surface area contributed by atoms with Gasteiger partial charge in [0.05, 0.1) is 19.6 Å². The van der Waals surface area contributed by atoms with Crippen molar-refractivity contribution in [2.24, 2.45) is 0 Å². The fraction of sp³-hybridized carbons (Fsp3) is 0.350. The van der Waals surface area contributed by atoms with Gasteiger partial charge >= 0.3 is 0 Å². The average Bonchev–Trinajstić information content (AvgIpc) is 2.56. The number of benzene rings is 2. The maximum Gasteiger partial charge on any atom is 0.224 e. The summed E-state index contributed by atoms with van der Waals surface area (Å²) in [6.07, 6.45) is 1.26. The number of amides is 1. The largest absolute Gasteiger partial charge is 0.497 e. The van der Waals surface area contributed by atoms with Gasteiger partial charge in [0.1, 0.15) is 5.75 Å². The van der Waals surface area contributed by atoms with Crippen molar-refractivity contribution in [1.82, 2.24) is 5.32 Å². The van der Waals surface area contributed by atoms with Crippen molar-refractivity contribution in [3.63, 3.8) is 0 Å². The summed E-state index contributed by atoms with van der Waals surface area (Å²) in [6.45, 7) is 6.23. The Hall–Kier alpha value is -2.29. The molecule has 1 atom stereocenters. The van der Waals surface area contributed by atoms with Crippen LogP contribution in [0.2, 0.25) is 0 Å². The predicted molar refractivity (Wildman–Crippen MR) is 93.8 cm³/mol. The molecule has 0 aliphatic rings. The highest BCUT2D eigenvalue weighted by molar-refractivity contribution is 5.79. The van der Waals surface area contributed by atoms with Gasteiger partial charge in [0.25, 0.3) is 0 Å². The van der Waals surface area contributed by atoms with Gasteiger partial charge in [-0.25, -0.2) is 0 Å². The lowest BCUT2D eigenvalue weighted by atomic mass is 10.0. The maximum atomic E-state index is 12.3. The maximum absolute atomic E-state index is 12.3. The van der Waals surface area contributed by atoms with Gasteiger partial charge in [-0.05, 0) is 54.7 Å². The summed E-state index contributed by atoms with van der Waals surface area (Å²) in [5, 5.41) is 3.12. The normalized spacial score (nSPS) is 11.8. The van der Waals surface area contributed by atoms with E-state index in [4.69, 9.17) is 4.74 Å². The molecule has 0 saturated carbocycles. The zero-order valence-electron chi connectivity index (χ0n) is 14.3. The van der Waals surface area contributed by atoms with Gasteiger partial charge in [-0.2, -0.15) is 0 Å². The minimum absolute atomic E-state index is 0.0277. The summed E-state index contributed by atoms with van der Waals surface area (Å²) in [5.74, 6) is 0.876.